The Bertz CT molecular complexity index is 2520. The number of amides is 1. The number of halogens is 3. The molecule has 1 amide bonds. The Labute approximate surface area is 312 Å². The quantitative estimate of drug-likeness (QED) is 0.192. The summed E-state index contributed by atoms with van der Waals surface area (Å²) in [5.41, 5.74) is -0.394. The van der Waals surface area contributed by atoms with E-state index in [1.807, 2.05) is 9.80 Å². The summed E-state index contributed by atoms with van der Waals surface area (Å²) in [6.07, 6.45) is 9.25. The average Bonchev–Trinajstić information content (AvgIpc) is 3.87. The van der Waals surface area contributed by atoms with Gasteiger partial charge < -0.3 is 24.4 Å². The zero-order valence-electron chi connectivity index (χ0n) is 29.9. The number of rotatable bonds is 6. The van der Waals surface area contributed by atoms with Crippen molar-refractivity contribution in [2.75, 3.05) is 37.7 Å². The number of piperazine rings is 1. The van der Waals surface area contributed by atoms with Gasteiger partial charge in [-0.05, 0) is 61.4 Å². The highest BCUT2D eigenvalue weighted by Crippen LogP contribution is 2.46. The van der Waals surface area contributed by atoms with Crippen LogP contribution < -0.4 is 9.64 Å². The van der Waals surface area contributed by atoms with Crippen molar-refractivity contribution in [2.45, 2.75) is 68.4 Å². The third kappa shape index (κ3) is 5.13. The van der Waals surface area contributed by atoms with Crippen LogP contribution in [0, 0.1) is 24.0 Å². The summed E-state index contributed by atoms with van der Waals surface area (Å²) in [5, 5.41) is 17.0. The minimum Gasteiger partial charge on any atom is -0.508 e. The number of aromatic nitrogens is 4. The van der Waals surface area contributed by atoms with E-state index in [0.29, 0.717) is 48.0 Å². The first-order valence-corrected chi connectivity index (χ1v) is 18.6. The molecule has 0 saturated carbocycles. The predicted octanol–water partition coefficient (Wildman–Crippen LogP) is 4.75. The number of ether oxygens (including phenoxy) is 2. The number of aromatic hydroxyl groups is 1. The van der Waals surface area contributed by atoms with E-state index in [1.54, 1.807) is 13.2 Å². The first-order valence-electron chi connectivity index (χ1n) is 18.6. The zero-order valence-corrected chi connectivity index (χ0v) is 29.9. The van der Waals surface area contributed by atoms with Crippen molar-refractivity contribution in [3.63, 3.8) is 0 Å². The van der Waals surface area contributed by atoms with Gasteiger partial charge in [0.05, 0.1) is 22.9 Å². The van der Waals surface area contributed by atoms with E-state index in [4.69, 9.17) is 25.9 Å². The molecule has 7 heterocycles. The van der Waals surface area contributed by atoms with Gasteiger partial charge in [0.2, 0.25) is 0 Å². The average molecular weight is 752 g/mol. The smallest absolute Gasteiger partial charge is 0.319 e. The van der Waals surface area contributed by atoms with Crippen molar-refractivity contribution in [2.24, 2.45) is 7.05 Å². The van der Waals surface area contributed by atoms with Crippen molar-refractivity contribution < 1.29 is 37.3 Å². The van der Waals surface area contributed by atoms with E-state index in [-0.39, 0.29) is 75.9 Å². The molecule has 0 spiro atoms. The monoisotopic (exact) mass is 751 g/mol. The molecule has 5 aliphatic rings. The summed E-state index contributed by atoms with van der Waals surface area (Å²) in [7, 11) is 1.70. The maximum Gasteiger partial charge on any atom is 0.319 e. The normalized spacial score (nSPS) is 26.1. The largest absolute Gasteiger partial charge is 0.508 e. The molecule has 55 heavy (non-hydrogen) atoms. The Morgan fingerprint density at radius 2 is 1.91 bits per heavy atom. The highest BCUT2D eigenvalue weighted by molar-refractivity contribution is 6.18. The summed E-state index contributed by atoms with van der Waals surface area (Å²) in [4.78, 5) is 40.6. The number of phenolic OH excluding ortho intramolecular Hbond substituents is 1. The summed E-state index contributed by atoms with van der Waals surface area (Å²) < 4.78 is 60.7. The topological polar surface area (TPSA) is 126 Å². The Balaban J connectivity index is 1.16. The van der Waals surface area contributed by atoms with Gasteiger partial charge in [-0.2, -0.15) is 15.1 Å². The fourth-order valence-corrected chi connectivity index (χ4v) is 9.90. The molecule has 5 atom stereocenters. The Morgan fingerprint density at radius 1 is 1.13 bits per heavy atom. The minimum absolute atomic E-state index is 0.0381. The van der Waals surface area contributed by atoms with Gasteiger partial charge in [-0.15, -0.1) is 6.42 Å². The van der Waals surface area contributed by atoms with E-state index in [0.717, 1.165) is 32.2 Å². The van der Waals surface area contributed by atoms with Gasteiger partial charge in [0.1, 0.15) is 41.2 Å². The van der Waals surface area contributed by atoms with Gasteiger partial charge in [-0.25, -0.2) is 13.2 Å². The number of hydrogen-bond donors (Lipinski definition) is 1. The van der Waals surface area contributed by atoms with Crippen LogP contribution in [0.5, 0.6) is 11.8 Å². The molecule has 2 aromatic heterocycles. The van der Waals surface area contributed by atoms with Crippen LogP contribution in [0.25, 0.3) is 43.7 Å². The second kappa shape index (κ2) is 12.2. The van der Waals surface area contributed by atoms with Gasteiger partial charge in [0.15, 0.2) is 11.9 Å². The number of fused-ring (bicyclic) bond motifs is 7. The molecule has 282 valence electrons. The minimum atomic E-state index is -0.983. The summed E-state index contributed by atoms with van der Waals surface area (Å²) in [6, 6.07) is 4.93. The van der Waals surface area contributed by atoms with Crippen molar-refractivity contribution >= 4 is 50.3 Å². The molecular formula is C40H36F3N7O5. The third-order valence-electron chi connectivity index (χ3n) is 12.3. The number of phenols is 1. The maximum atomic E-state index is 17.7. The van der Waals surface area contributed by atoms with Crippen molar-refractivity contribution in [3.05, 3.63) is 47.7 Å². The number of benzene rings is 3. The number of carbonyl (C=O) groups is 2. The van der Waals surface area contributed by atoms with E-state index < -0.39 is 35.4 Å². The standard InChI is InChI=1S/C40H36F3N7O5/c1-3-25-28(42)8-5-20-11-24(51)12-26(31(20)25)32-34(43)36-33(27-18-47(2)46-35(27)32)37(45-39(44-36)54-19-40-9-4-10-49(40)15-21(41)14-40)48-16-22-6-7-23(17-48)50(22)38(53)29-13-30(52)55-29/h1,5,8,11-12,18,21-23,29,51H,4,6-7,9-10,13-17,19H2,2H3/t21-,22-,23+,29+,40+/m1/s1. The molecule has 15 heteroatoms. The fraction of sp³-hybridized carbons (Fsp3) is 0.425. The van der Waals surface area contributed by atoms with Crippen molar-refractivity contribution in [3.8, 4) is 35.2 Å². The van der Waals surface area contributed by atoms with Gasteiger partial charge >= 0.3 is 12.0 Å². The first-order chi connectivity index (χ1) is 26.5. The van der Waals surface area contributed by atoms with Crippen LogP contribution in [0.15, 0.2) is 30.5 Å². The lowest BCUT2D eigenvalue weighted by Crippen LogP contribution is -2.60. The first kappa shape index (κ1) is 33.9. The number of anilines is 1. The molecule has 5 fully saturated rings. The Hall–Kier alpha value is -5.62. The van der Waals surface area contributed by atoms with Crippen LogP contribution in [-0.2, 0) is 21.4 Å². The molecule has 0 unspecified atom stereocenters. The van der Waals surface area contributed by atoms with Crippen molar-refractivity contribution in [1.29, 1.82) is 0 Å². The van der Waals surface area contributed by atoms with E-state index in [2.05, 4.69) is 15.9 Å². The second-order valence-corrected chi connectivity index (χ2v) is 15.5. The number of alkyl halides is 1. The number of terminal acetylenes is 1. The van der Waals surface area contributed by atoms with Crippen molar-refractivity contribution in [1.82, 2.24) is 29.5 Å². The SMILES string of the molecule is C#Cc1c(F)ccc2cc(O)cc(-c3c(F)c4nc(OC[C@@]56CCCN5C[C@H](F)C6)nc(N5C[C@H]6CC[C@@H](C5)N6C(=O)[C@@H]5CC(=O)O5)c4c4cn(C)nc34)c12. The lowest BCUT2D eigenvalue weighted by atomic mass is 9.91. The number of carbonyl (C=O) groups excluding carboxylic acids is 2. The van der Waals surface area contributed by atoms with E-state index >= 15 is 8.78 Å². The molecule has 12 nitrogen and oxygen atoms in total. The fourth-order valence-electron chi connectivity index (χ4n) is 9.90. The second-order valence-electron chi connectivity index (χ2n) is 15.5. The van der Waals surface area contributed by atoms with Crippen LogP contribution in [0.3, 0.4) is 0 Å². The molecule has 0 aliphatic carbocycles. The molecule has 5 aromatic rings. The molecule has 0 radical (unpaired) electrons. The Kier molecular flexibility index (Phi) is 7.52. The number of aryl methyl sites for hydroxylation is 1. The van der Waals surface area contributed by atoms with Crippen LogP contribution in [0.2, 0.25) is 0 Å². The lowest BCUT2D eigenvalue weighted by molar-refractivity contribution is -0.180. The van der Waals surface area contributed by atoms with Crippen LogP contribution >= 0.6 is 0 Å². The van der Waals surface area contributed by atoms with Gasteiger partial charge in [0.25, 0.3) is 5.91 Å². The third-order valence-corrected chi connectivity index (χ3v) is 12.3. The van der Waals surface area contributed by atoms with Crippen LogP contribution in [0.1, 0.15) is 44.1 Å². The molecule has 3 aromatic carbocycles. The van der Waals surface area contributed by atoms with E-state index in [1.165, 1.54) is 28.9 Å². The molecule has 5 aliphatic heterocycles. The lowest BCUT2D eigenvalue weighted by Gasteiger charge is -2.43. The number of nitrogens with zero attached hydrogens (tertiary/aromatic N) is 7. The number of hydrogen-bond acceptors (Lipinski definition) is 10. The molecule has 2 bridgehead atoms. The molecule has 10 rings (SSSR count). The van der Waals surface area contributed by atoms with Gasteiger partial charge in [-0.3, -0.25) is 19.2 Å². The van der Waals surface area contributed by atoms with Crippen LogP contribution in [-0.4, -0.2) is 109 Å². The van der Waals surface area contributed by atoms with E-state index in [9.17, 15) is 19.1 Å². The summed E-state index contributed by atoms with van der Waals surface area (Å²) in [5.74, 6) is 0.518. The Morgan fingerprint density at radius 3 is 2.65 bits per heavy atom. The van der Waals surface area contributed by atoms with Gasteiger partial charge in [-0.1, -0.05) is 12.0 Å². The molecule has 5 saturated heterocycles. The predicted molar refractivity (Wildman–Crippen MR) is 195 cm³/mol. The number of esters is 1. The molecule has 1 N–H and O–H groups in total. The highest BCUT2D eigenvalue weighted by atomic mass is 19.1. The number of cyclic esters (lactones) is 1. The molecular weight excluding hydrogens is 715 g/mol. The van der Waals surface area contributed by atoms with Crippen LogP contribution in [0.4, 0.5) is 19.0 Å². The zero-order chi connectivity index (χ0) is 37.9. The van der Waals surface area contributed by atoms with Gasteiger partial charge in [0, 0.05) is 67.7 Å². The summed E-state index contributed by atoms with van der Waals surface area (Å²) >= 11 is 0. The highest BCUT2D eigenvalue weighted by Gasteiger charge is 2.50. The maximum absolute atomic E-state index is 17.7. The summed E-state index contributed by atoms with van der Waals surface area (Å²) in [6.45, 7) is 1.92.